The van der Waals surface area contributed by atoms with Crippen molar-refractivity contribution in [3.63, 3.8) is 0 Å². The molecule has 0 unspecified atom stereocenters. The molecular formula is C16H23BrN2O. The molecule has 1 aliphatic rings. The highest BCUT2D eigenvalue weighted by Crippen LogP contribution is 2.27. The number of nitrogen functional groups attached to an aromatic ring is 1. The second-order valence-corrected chi connectivity index (χ2v) is 6.98. The van der Waals surface area contributed by atoms with Gasteiger partial charge in [-0.15, -0.1) is 0 Å². The zero-order chi connectivity index (χ0) is 14.7. The standard InChI is InChI=1S/C16H23BrN2O/c1-11(2)10-19(15-5-3-4-6-15)16(20)12-7-13(17)9-14(18)8-12/h7-9,11,15H,3-6,10,18H2,1-2H3. The van der Waals surface area contributed by atoms with Gasteiger partial charge in [-0.1, -0.05) is 42.6 Å². The van der Waals surface area contributed by atoms with Crippen LogP contribution in [0.4, 0.5) is 5.69 Å². The molecule has 1 saturated carbocycles. The first-order valence-corrected chi connectivity index (χ1v) is 8.13. The van der Waals surface area contributed by atoms with Crippen LogP contribution in [0.3, 0.4) is 0 Å². The van der Waals surface area contributed by atoms with Crippen LogP contribution in [0.15, 0.2) is 22.7 Å². The number of carbonyl (C=O) groups is 1. The zero-order valence-corrected chi connectivity index (χ0v) is 13.8. The van der Waals surface area contributed by atoms with E-state index in [0.717, 1.165) is 23.9 Å². The van der Waals surface area contributed by atoms with E-state index in [1.54, 1.807) is 6.07 Å². The van der Waals surface area contributed by atoms with E-state index in [4.69, 9.17) is 5.73 Å². The Morgan fingerprint density at radius 2 is 2.00 bits per heavy atom. The third-order valence-corrected chi connectivity index (χ3v) is 4.21. The van der Waals surface area contributed by atoms with Gasteiger partial charge in [-0.25, -0.2) is 0 Å². The van der Waals surface area contributed by atoms with Gasteiger partial charge in [-0.05, 0) is 37.0 Å². The van der Waals surface area contributed by atoms with E-state index in [2.05, 4.69) is 34.7 Å². The Hall–Kier alpha value is -1.03. The third-order valence-electron chi connectivity index (χ3n) is 3.76. The lowest BCUT2D eigenvalue weighted by molar-refractivity contribution is 0.0655. The van der Waals surface area contributed by atoms with Crippen molar-refractivity contribution in [2.24, 2.45) is 5.92 Å². The quantitative estimate of drug-likeness (QED) is 0.841. The Balaban J connectivity index is 2.24. The van der Waals surface area contributed by atoms with Crippen LogP contribution in [0, 0.1) is 5.92 Å². The molecule has 1 aromatic rings. The van der Waals surface area contributed by atoms with Gasteiger partial charge in [0.1, 0.15) is 0 Å². The Kier molecular flexibility index (Phi) is 5.08. The molecule has 1 fully saturated rings. The predicted molar refractivity (Wildman–Crippen MR) is 86.7 cm³/mol. The second-order valence-electron chi connectivity index (χ2n) is 6.06. The molecule has 2 rings (SSSR count). The van der Waals surface area contributed by atoms with E-state index in [9.17, 15) is 4.79 Å². The van der Waals surface area contributed by atoms with Gasteiger partial charge in [-0.3, -0.25) is 4.79 Å². The van der Waals surface area contributed by atoms with Crippen molar-refractivity contribution in [1.29, 1.82) is 0 Å². The molecule has 2 N–H and O–H groups in total. The fourth-order valence-corrected chi connectivity index (χ4v) is 3.42. The number of nitrogens with two attached hydrogens (primary N) is 1. The van der Waals surface area contributed by atoms with Crippen molar-refractivity contribution in [3.05, 3.63) is 28.2 Å². The van der Waals surface area contributed by atoms with Gasteiger partial charge < -0.3 is 10.6 Å². The number of benzene rings is 1. The Morgan fingerprint density at radius 3 is 2.55 bits per heavy atom. The van der Waals surface area contributed by atoms with Crippen molar-refractivity contribution >= 4 is 27.5 Å². The first-order valence-electron chi connectivity index (χ1n) is 7.34. The Morgan fingerprint density at radius 1 is 1.35 bits per heavy atom. The molecule has 1 amide bonds. The van der Waals surface area contributed by atoms with Crippen LogP contribution in [-0.2, 0) is 0 Å². The third kappa shape index (κ3) is 3.75. The van der Waals surface area contributed by atoms with E-state index in [0.29, 0.717) is 23.2 Å². The lowest BCUT2D eigenvalue weighted by atomic mass is 10.1. The molecule has 110 valence electrons. The smallest absolute Gasteiger partial charge is 0.254 e. The molecule has 0 aliphatic heterocycles. The average Bonchev–Trinajstić information content (AvgIpc) is 2.87. The summed E-state index contributed by atoms with van der Waals surface area (Å²) in [7, 11) is 0. The van der Waals surface area contributed by atoms with Gasteiger partial charge in [0.2, 0.25) is 0 Å². The number of carbonyl (C=O) groups excluding carboxylic acids is 1. The topological polar surface area (TPSA) is 46.3 Å². The summed E-state index contributed by atoms with van der Waals surface area (Å²) < 4.78 is 0.858. The van der Waals surface area contributed by atoms with Gasteiger partial charge in [-0.2, -0.15) is 0 Å². The maximum absolute atomic E-state index is 12.8. The number of amides is 1. The number of hydrogen-bond acceptors (Lipinski definition) is 2. The van der Waals surface area contributed by atoms with Crippen molar-refractivity contribution in [2.75, 3.05) is 12.3 Å². The van der Waals surface area contributed by atoms with Gasteiger partial charge >= 0.3 is 0 Å². The zero-order valence-electron chi connectivity index (χ0n) is 12.2. The maximum Gasteiger partial charge on any atom is 0.254 e. The molecule has 3 nitrogen and oxygen atoms in total. The monoisotopic (exact) mass is 338 g/mol. The second kappa shape index (κ2) is 6.61. The van der Waals surface area contributed by atoms with Crippen molar-refractivity contribution < 1.29 is 4.79 Å². The van der Waals surface area contributed by atoms with Crippen LogP contribution in [0.2, 0.25) is 0 Å². The lowest BCUT2D eigenvalue weighted by Crippen LogP contribution is -2.41. The molecule has 1 aromatic carbocycles. The van der Waals surface area contributed by atoms with Crippen LogP contribution in [0.1, 0.15) is 49.9 Å². The van der Waals surface area contributed by atoms with Gasteiger partial charge in [0.05, 0.1) is 0 Å². The highest BCUT2D eigenvalue weighted by molar-refractivity contribution is 9.10. The molecule has 0 spiro atoms. The SMILES string of the molecule is CC(C)CN(C(=O)c1cc(N)cc(Br)c1)C1CCCC1. The van der Waals surface area contributed by atoms with E-state index >= 15 is 0 Å². The molecule has 0 radical (unpaired) electrons. The first-order chi connectivity index (χ1) is 9.47. The minimum atomic E-state index is 0.110. The van der Waals surface area contributed by atoms with E-state index in [1.165, 1.54) is 12.8 Å². The summed E-state index contributed by atoms with van der Waals surface area (Å²) in [6.45, 7) is 5.13. The normalized spacial score (nSPS) is 15.8. The number of anilines is 1. The number of nitrogens with zero attached hydrogens (tertiary/aromatic N) is 1. The van der Waals surface area contributed by atoms with E-state index in [1.807, 2.05) is 12.1 Å². The molecular weight excluding hydrogens is 316 g/mol. The summed E-state index contributed by atoms with van der Waals surface area (Å²) >= 11 is 3.41. The Labute approximate surface area is 129 Å². The minimum absolute atomic E-state index is 0.110. The summed E-state index contributed by atoms with van der Waals surface area (Å²) in [5.41, 5.74) is 7.16. The summed E-state index contributed by atoms with van der Waals surface area (Å²) in [6, 6.07) is 5.85. The number of halogens is 1. The molecule has 0 atom stereocenters. The van der Waals surface area contributed by atoms with Crippen LogP contribution in [-0.4, -0.2) is 23.4 Å². The fourth-order valence-electron chi connectivity index (χ4n) is 2.91. The van der Waals surface area contributed by atoms with E-state index < -0.39 is 0 Å². The summed E-state index contributed by atoms with van der Waals surface area (Å²) in [5.74, 6) is 0.586. The number of rotatable bonds is 4. The average molecular weight is 339 g/mol. The fraction of sp³-hybridized carbons (Fsp3) is 0.562. The van der Waals surface area contributed by atoms with E-state index in [-0.39, 0.29) is 5.91 Å². The summed E-state index contributed by atoms with van der Waals surface area (Å²) in [6.07, 6.45) is 4.71. The number of hydrogen-bond donors (Lipinski definition) is 1. The lowest BCUT2D eigenvalue weighted by Gasteiger charge is -2.31. The van der Waals surface area contributed by atoms with Crippen molar-refractivity contribution in [2.45, 2.75) is 45.6 Å². The van der Waals surface area contributed by atoms with Crippen LogP contribution in [0.25, 0.3) is 0 Å². The largest absolute Gasteiger partial charge is 0.399 e. The van der Waals surface area contributed by atoms with Crippen LogP contribution in [0.5, 0.6) is 0 Å². The first kappa shape index (κ1) is 15.4. The highest BCUT2D eigenvalue weighted by atomic mass is 79.9. The highest BCUT2D eigenvalue weighted by Gasteiger charge is 2.28. The Bertz CT molecular complexity index is 461. The molecule has 0 heterocycles. The molecule has 0 aromatic heterocycles. The maximum atomic E-state index is 12.8. The minimum Gasteiger partial charge on any atom is -0.399 e. The summed E-state index contributed by atoms with van der Waals surface area (Å²) in [5, 5.41) is 0. The van der Waals surface area contributed by atoms with Gasteiger partial charge in [0.15, 0.2) is 0 Å². The van der Waals surface area contributed by atoms with Crippen LogP contribution < -0.4 is 5.73 Å². The molecule has 1 aliphatic carbocycles. The molecule has 0 bridgehead atoms. The van der Waals surface area contributed by atoms with Crippen LogP contribution >= 0.6 is 15.9 Å². The molecule has 0 saturated heterocycles. The van der Waals surface area contributed by atoms with Crippen molar-refractivity contribution in [3.8, 4) is 0 Å². The van der Waals surface area contributed by atoms with Crippen molar-refractivity contribution in [1.82, 2.24) is 4.90 Å². The molecule has 4 heteroatoms. The molecule has 20 heavy (non-hydrogen) atoms. The summed E-state index contributed by atoms with van der Waals surface area (Å²) in [4.78, 5) is 14.9. The van der Waals surface area contributed by atoms with Gasteiger partial charge in [0, 0.05) is 28.3 Å². The predicted octanol–water partition coefficient (Wildman–Crippen LogP) is 4.07. The van der Waals surface area contributed by atoms with Gasteiger partial charge in [0.25, 0.3) is 5.91 Å².